The summed E-state index contributed by atoms with van der Waals surface area (Å²) in [6.07, 6.45) is 0.552. The Labute approximate surface area is 118 Å². The van der Waals surface area contributed by atoms with E-state index in [1.54, 1.807) is 0 Å². The largest absolute Gasteiger partial charge is 0.313 e. The van der Waals surface area contributed by atoms with E-state index in [0.29, 0.717) is 12.0 Å². The molecule has 2 aromatic rings. The fourth-order valence-corrected chi connectivity index (χ4v) is 2.69. The number of nitrogens with one attached hydrogen (secondary N) is 1. The minimum Gasteiger partial charge on any atom is -0.313 e. The Morgan fingerprint density at radius 1 is 1.00 bits per heavy atom. The molecule has 1 nitrogen and oxygen atoms in total. The van der Waals surface area contributed by atoms with Crippen molar-refractivity contribution in [2.75, 3.05) is 7.05 Å². The third-order valence-corrected chi connectivity index (χ3v) is 3.60. The molecule has 0 aromatic heterocycles. The first-order valence-corrected chi connectivity index (χ1v) is 6.69. The zero-order valence-electron chi connectivity index (χ0n) is 12.0. The number of halogens is 2. The molecule has 0 aliphatic heterocycles. The van der Waals surface area contributed by atoms with Crippen LogP contribution >= 0.6 is 0 Å². The standard InChI is InChI=1S/C17H19F2N/c1-11-5-4-6-12(2)17(11)16(20-3)9-13-7-14(18)10-15(19)8-13/h4-8,10,16,20H,9H2,1-3H3. The Morgan fingerprint density at radius 3 is 2.05 bits per heavy atom. The third kappa shape index (κ3) is 3.23. The van der Waals surface area contributed by atoms with Crippen LogP contribution in [-0.4, -0.2) is 7.05 Å². The molecule has 1 unspecified atom stereocenters. The van der Waals surface area contributed by atoms with Crippen LogP contribution in [0.25, 0.3) is 0 Å². The van der Waals surface area contributed by atoms with E-state index in [2.05, 4.69) is 31.3 Å². The van der Waals surface area contributed by atoms with E-state index in [-0.39, 0.29) is 6.04 Å². The maximum atomic E-state index is 13.3. The number of hydrogen-bond acceptors (Lipinski definition) is 1. The van der Waals surface area contributed by atoms with E-state index in [9.17, 15) is 8.78 Å². The lowest BCUT2D eigenvalue weighted by atomic mass is 9.92. The van der Waals surface area contributed by atoms with Crippen molar-refractivity contribution in [2.24, 2.45) is 0 Å². The summed E-state index contributed by atoms with van der Waals surface area (Å²) >= 11 is 0. The predicted octanol–water partition coefficient (Wildman–Crippen LogP) is 4.08. The van der Waals surface area contributed by atoms with Crippen LogP contribution in [-0.2, 0) is 6.42 Å². The summed E-state index contributed by atoms with van der Waals surface area (Å²) in [6.45, 7) is 4.11. The molecule has 106 valence electrons. The molecular weight excluding hydrogens is 256 g/mol. The molecule has 0 spiro atoms. The van der Waals surface area contributed by atoms with Crippen LogP contribution in [0.15, 0.2) is 36.4 Å². The number of hydrogen-bond donors (Lipinski definition) is 1. The van der Waals surface area contributed by atoms with Gasteiger partial charge in [0.2, 0.25) is 0 Å². The molecule has 1 atom stereocenters. The molecule has 2 aromatic carbocycles. The van der Waals surface area contributed by atoms with Gasteiger partial charge in [-0.15, -0.1) is 0 Å². The van der Waals surface area contributed by atoms with Crippen LogP contribution in [0, 0.1) is 25.5 Å². The lowest BCUT2D eigenvalue weighted by Crippen LogP contribution is -2.21. The van der Waals surface area contributed by atoms with Crippen LogP contribution in [0.4, 0.5) is 8.78 Å². The van der Waals surface area contributed by atoms with Gasteiger partial charge in [-0.3, -0.25) is 0 Å². The molecule has 0 amide bonds. The second-order valence-electron chi connectivity index (χ2n) is 5.13. The van der Waals surface area contributed by atoms with Gasteiger partial charge in [-0.2, -0.15) is 0 Å². The summed E-state index contributed by atoms with van der Waals surface area (Å²) in [5.74, 6) is -1.06. The van der Waals surface area contributed by atoms with Crippen molar-refractivity contribution in [2.45, 2.75) is 26.3 Å². The fourth-order valence-electron chi connectivity index (χ4n) is 2.69. The zero-order valence-corrected chi connectivity index (χ0v) is 12.0. The van der Waals surface area contributed by atoms with E-state index in [1.807, 2.05) is 13.1 Å². The van der Waals surface area contributed by atoms with Crippen molar-refractivity contribution in [3.63, 3.8) is 0 Å². The number of likely N-dealkylation sites (N-methyl/N-ethyl adjacent to an activating group) is 1. The van der Waals surface area contributed by atoms with E-state index < -0.39 is 11.6 Å². The summed E-state index contributed by atoms with van der Waals surface area (Å²) in [5.41, 5.74) is 4.21. The highest BCUT2D eigenvalue weighted by Gasteiger charge is 2.15. The van der Waals surface area contributed by atoms with Crippen molar-refractivity contribution in [1.82, 2.24) is 5.32 Å². The lowest BCUT2D eigenvalue weighted by molar-refractivity contribution is 0.559. The summed E-state index contributed by atoms with van der Waals surface area (Å²) in [5, 5.41) is 3.24. The molecule has 20 heavy (non-hydrogen) atoms. The third-order valence-electron chi connectivity index (χ3n) is 3.60. The average Bonchev–Trinajstić information content (AvgIpc) is 2.36. The Bertz CT molecular complexity index is 567. The monoisotopic (exact) mass is 275 g/mol. The SMILES string of the molecule is CNC(Cc1cc(F)cc(F)c1)c1c(C)cccc1C. The van der Waals surface area contributed by atoms with Crippen molar-refractivity contribution in [1.29, 1.82) is 0 Å². The predicted molar refractivity (Wildman–Crippen MR) is 77.8 cm³/mol. The number of aryl methyl sites for hydroxylation is 2. The molecule has 3 heteroatoms. The van der Waals surface area contributed by atoms with Crippen LogP contribution in [0.5, 0.6) is 0 Å². The number of rotatable bonds is 4. The van der Waals surface area contributed by atoms with Crippen LogP contribution < -0.4 is 5.32 Å². The normalized spacial score (nSPS) is 12.4. The van der Waals surface area contributed by atoms with Gasteiger partial charge in [-0.1, -0.05) is 18.2 Å². The molecular formula is C17H19F2N. The van der Waals surface area contributed by atoms with Crippen LogP contribution in [0.2, 0.25) is 0 Å². The average molecular weight is 275 g/mol. The Hall–Kier alpha value is -1.74. The van der Waals surface area contributed by atoms with Gasteiger partial charge in [0.25, 0.3) is 0 Å². The molecule has 0 heterocycles. The van der Waals surface area contributed by atoms with Crippen molar-refractivity contribution in [3.8, 4) is 0 Å². The van der Waals surface area contributed by atoms with Gasteiger partial charge >= 0.3 is 0 Å². The molecule has 0 bridgehead atoms. The van der Waals surface area contributed by atoms with Gasteiger partial charge < -0.3 is 5.32 Å². The highest BCUT2D eigenvalue weighted by Crippen LogP contribution is 2.25. The van der Waals surface area contributed by atoms with Crippen LogP contribution in [0.3, 0.4) is 0 Å². The first kappa shape index (κ1) is 14.7. The van der Waals surface area contributed by atoms with Crippen LogP contribution in [0.1, 0.15) is 28.3 Å². The summed E-state index contributed by atoms with van der Waals surface area (Å²) < 4.78 is 26.6. The number of benzene rings is 2. The molecule has 0 saturated carbocycles. The van der Waals surface area contributed by atoms with Crippen molar-refractivity contribution in [3.05, 3.63) is 70.3 Å². The quantitative estimate of drug-likeness (QED) is 0.886. The molecule has 0 saturated heterocycles. The molecule has 0 aliphatic carbocycles. The Balaban J connectivity index is 2.34. The second kappa shape index (κ2) is 6.14. The summed E-state index contributed by atoms with van der Waals surface area (Å²) in [7, 11) is 1.87. The van der Waals surface area contributed by atoms with E-state index in [0.717, 1.165) is 6.07 Å². The second-order valence-corrected chi connectivity index (χ2v) is 5.13. The topological polar surface area (TPSA) is 12.0 Å². The molecule has 0 radical (unpaired) electrons. The molecule has 2 rings (SSSR count). The lowest BCUT2D eigenvalue weighted by Gasteiger charge is -2.21. The minimum atomic E-state index is -0.531. The van der Waals surface area contributed by atoms with Gasteiger partial charge in [-0.25, -0.2) is 8.78 Å². The molecule has 1 N–H and O–H groups in total. The highest BCUT2D eigenvalue weighted by molar-refractivity contribution is 5.37. The van der Waals surface area contributed by atoms with Gasteiger partial charge in [0.05, 0.1) is 0 Å². The molecule has 0 fully saturated rings. The maximum Gasteiger partial charge on any atom is 0.126 e. The molecule has 0 aliphatic rings. The van der Waals surface area contributed by atoms with Gasteiger partial charge in [0, 0.05) is 12.1 Å². The van der Waals surface area contributed by atoms with E-state index >= 15 is 0 Å². The van der Waals surface area contributed by atoms with Crippen molar-refractivity contribution < 1.29 is 8.78 Å². The summed E-state index contributed by atoms with van der Waals surface area (Å²) in [6, 6.07) is 9.84. The van der Waals surface area contributed by atoms with E-state index in [1.165, 1.54) is 28.8 Å². The zero-order chi connectivity index (χ0) is 14.7. The maximum absolute atomic E-state index is 13.3. The smallest absolute Gasteiger partial charge is 0.126 e. The summed E-state index contributed by atoms with van der Waals surface area (Å²) in [4.78, 5) is 0. The Morgan fingerprint density at radius 2 is 1.55 bits per heavy atom. The first-order valence-electron chi connectivity index (χ1n) is 6.69. The first-order chi connectivity index (χ1) is 9.51. The fraction of sp³-hybridized carbons (Fsp3) is 0.294. The van der Waals surface area contributed by atoms with Gasteiger partial charge in [-0.05, 0) is 61.7 Å². The van der Waals surface area contributed by atoms with Gasteiger partial charge in [0.15, 0.2) is 0 Å². The van der Waals surface area contributed by atoms with Gasteiger partial charge in [0.1, 0.15) is 11.6 Å². The minimum absolute atomic E-state index is 0.0393. The van der Waals surface area contributed by atoms with Crippen molar-refractivity contribution >= 4 is 0 Å². The van der Waals surface area contributed by atoms with E-state index in [4.69, 9.17) is 0 Å². The Kier molecular flexibility index (Phi) is 4.50. The highest BCUT2D eigenvalue weighted by atomic mass is 19.1.